The van der Waals surface area contributed by atoms with Crippen molar-refractivity contribution in [2.24, 2.45) is 0 Å². The van der Waals surface area contributed by atoms with Crippen LogP contribution in [0.5, 0.6) is 0 Å². The van der Waals surface area contributed by atoms with E-state index in [0.717, 1.165) is 0 Å². The van der Waals surface area contributed by atoms with E-state index in [1.54, 1.807) is 18.3 Å². The molecular weight excluding hydrogens is 308 g/mol. The molecule has 6 nitrogen and oxygen atoms in total. The third-order valence-electron chi connectivity index (χ3n) is 4.04. The Hall–Kier alpha value is -2.09. The van der Waals surface area contributed by atoms with Gasteiger partial charge in [0.15, 0.2) is 0 Å². The second kappa shape index (κ2) is 6.19. The number of pyridine rings is 1. The van der Waals surface area contributed by atoms with Crippen molar-refractivity contribution in [3.63, 3.8) is 0 Å². The number of aromatic nitrogens is 1. The maximum atomic E-state index is 13.2. The Bertz CT molecular complexity index is 597. The van der Waals surface area contributed by atoms with Crippen molar-refractivity contribution in [1.29, 1.82) is 0 Å². The van der Waals surface area contributed by atoms with Crippen molar-refractivity contribution in [1.82, 2.24) is 15.2 Å². The highest BCUT2D eigenvalue weighted by Gasteiger charge is 2.43. The molecule has 1 N–H and O–H groups in total. The zero-order chi connectivity index (χ0) is 16.4. The molecule has 1 amide bonds. The fraction of sp³-hybridized carbons (Fsp3) is 0.533. The Morgan fingerprint density at radius 1 is 1.43 bits per heavy atom. The summed E-state index contributed by atoms with van der Waals surface area (Å²) < 4.78 is 31.7. The number of nitrogens with zero attached hydrogens (tertiary/aromatic N) is 2. The van der Waals surface area contributed by atoms with Gasteiger partial charge < -0.3 is 15.0 Å². The number of rotatable bonds is 3. The van der Waals surface area contributed by atoms with Crippen LogP contribution in [0.15, 0.2) is 24.5 Å². The zero-order valence-electron chi connectivity index (χ0n) is 12.4. The summed E-state index contributed by atoms with van der Waals surface area (Å²) in [5.74, 6) is -3.67. The van der Waals surface area contributed by atoms with Gasteiger partial charge in [0.05, 0.1) is 18.2 Å². The second-order valence-electron chi connectivity index (χ2n) is 5.83. The number of hydrogen-bond acceptors (Lipinski definition) is 5. The van der Waals surface area contributed by atoms with Gasteiger partial charge in [0.1, 0.15) is 6.10 Å². The van der Waals surface area contributed by atoms with Crippen LogP contribution in [0.4, 0.5) is 8.78 Å². The average Bonchev–Trinajstić information content (AvgIpc) is 3.14. The maximum absolute atomic E-state index is 13.2. The predicted octanol–water partition coefficient (Wildman–Crippen LogP) is 0.836. The van der Waals surface area contributed by atoms with Crippen LogP contribution < -0.4 is 5.32 Å². The van der Waals surface area contributed by atoms with E-state index in [0.29, 0.717) is 12.1 Å². The smallest absolute Gasteiger partial charge is 0.340 e. The SMILES string of the molecule is O=C(O[C@@H]1CN[C@H](C(=O)N2CCC(F)(F)C2)C1)c1cccnc1. The highest BCUT2D eigenvalue weighted by Crippen LogP contribution is 2.28. The molecule has 1 aromatic heterocycles. The number of carbonyl (C=O) groups excluding carboxylic acids is 2. The summed E-state index contributed by atoms with van der Waals surface area (Å²) in [6, 6.07) is 2.63. The van der Waals surface area contributed by atoms with Gasteiger partial charge in [0, 0.05) is 38.3 Å². The summed E-state index contributed by atoms with van der Waals surface area (Å²) in [6.45, 7) is -0.152. The van der Waals surface area contributed by atoms with E-state index in [-0.39, 0.29) is 25.3 Å². The Morgan fingerprint density at radius 2 is 2.26 bits per heavy atom. The fourth-order valence-electron chi connectivity index (χ4n) is 2.83. The lowest BCUT2D eigenvalue weighted by Gasteiger charge is -2.20. The molecule has 2 aliphatic heterocycles. The minimum absolute atomic E-state index is 0.0597. The molecule has 0 spiro atoms. The van der Waals surface area contributed by atoms with E-state index in [2.05, 4.69) is 10.3 Å². The first kappa shape index (κ1) is 15.8. The highest BCUT2D eigenvalue weighted by atomic mass is 19.3. The molecule has 2 saturated heterocycles. The van der Waals surface area contributed by atoms with Crippen molar-refractivity contribution in [2.75, 3.05) is 19.6 Å². The molecule has 2 atom stereocenters. The van der Waals surface area contributed by atoms with Crippen molar-refractivity contribution in [2.45, 2.75) is 30.9 Å². The van der Waals surface area contributed by atoms with E-state index in [9.17, 15) is 18.4 Å². The molecule has 0 saturated carbocycles. The van der Waals surface area contributed by atoms with Gasteiger partial charge in [-0.05, 0) is 12.1 Å². The predicted molar refractivity (Wildman–Crippen MR) is 76.0 cm³/mol. The van der Waals surface area contributed by atoms with Crippen LogP contribution in [0.1, 0.15) is 23.2 Å². The molecule has 23 heavy (non-hydrogen) atoms. The van der Waals surface area contributed by atoms with Crippen LogP contribution in [-0.2, 0) is 9.53 Å². The van der Waals surface area contributed by atoms with Gasteiger partial charge >= 0.3 is 5.97 Å². The standard InChI is InChI=1S/C15H17F2N3O3/c16-15(17)3-5-20(9-15)13(21)12-6-11(8-19-12)23-14(22)10-2-1-4-18-7-10/h1-2,4,7,11-12,19H,3,5-6,8-9H2/t11-,12-/m0/s1. The topological polar surface area (TPSA) is 71.5 Å². The molecule has 0 aliphatic carbocycles. The highest BCUT2D eigenvalue weighted by molar-refractivity contribution is 5.89. The zero-order valence-corrected chi connectivity index (χ0v) is 12.4. The van der Waals surface area contributed by atoms with Crippen LogP contribution >= 0.6 is 0 Å². The maximum Gasteiger partial charge on any atom is 0.340 e. The average molecular weight is 325 g/mol. The van der Waals surface area contributed by atoms with Gasteiger partial charge in [-0.3, -0.25) is 9.78 Å². The monoisotopic (exact) mass is 325 g/mol. The Morgan fingerprint density at radius 3 is 2.91 bits per heavy atom. The Kier molecular flexibility index (Phi) is 4.25. The van der Waals surface area contributed by atoms with Crippen LogP contribution in [0.3, 0.4) is 0 Å². The molecular formula is C15H17F2N3O3. The van der Waals surface area contributed by atoms with Crippen LogP contribution in [-0.4, -0.2) is 59.5 Å². The van der Waals surface area contributed by atoms with E-state index >= 15 is 0 Å². The molecule has 3 heterocycles. The number of likely N-dealkylation sites (tertiary alicyclic amines) is 1. The number of hydrogen-bond donors (Lipinski definition) is 1. The quantitative estimate of drug-likeness (QED) is 0.834. The van der Waals surface area contributed by atoms with E-state index in [1.165, 1.54) is 11.1 Å². The summed E-state index contributed by atoms with van der Waals surface area (Å²) >= 11 is 0. The van der Waals surface area contributed by atoms with Crippen molar-refractivity contribution >= 4 is 11.9 Å². The molecule has 2 aliphatic rings. The number of ether oxygens (including phenoxy) is 1. The van der Waals surface area contributed by atoms with Crippen molar-refractivity contribution < 1.29 is 23.1 Å². The first-order chi connectivity index (χ1) is 10.9. The minimum atomic E-state index is -2.81. The largest absolute Gasteiger partial charge is 0.457 e. The van der Waals surface area contributed by atoms with Crippen LogP contribution in [0.25, 0.3) is 0 Å². The van der Waals surface area contributed by atoms with Crippen molar-refractivity contribution in [3.05, 3.63) is 30.1 Å². The van der Waals surface area contributed by atoms with Crippen molar-refractivity contribution in [3.8, 4) is 0 Å². The third kappa shape index (κ3) is 3.64. The number of nitrogens with one attached hydrogen (secondary N) is 1. The molecule has 0 aromatic carbocycles. The van der Waals surface area contributed by atoms with Gasteiger partial charge in [0.2, 0.25) is 5.91 Å². The summed E-state index contributed by atoms with van der Waals surface area (Å²) in [7, 11) is 0. The lowest BCUT2D eigenvalue weighted by atomic mass is 10.2. The Labute approximate surface area is 131 Å². The third-order valence-corrected chi connectivity index (χ3v) is 4.04. The lowest BCUT2D eigenvalue weighted by molar-refractivity contribution is -0.133. The molecule has 0 unspecified atom stereocenters. The molecule has 3 rings (SSSR count). The summed E-state index contributed by atoms with van der Waals surface area (Å²) in [5.41, 5.74) is 0.335. The van der Waals surface area contributed by atoms with E-state index in [1.807, 2.05) is 0 Å². The van der Waals surface area contributed by atoms with Crippen LogP contribution in [0.2, 0.25) is 0 Å². The van der Waals surface area contributed by atoms with Gasteiger partial charge in [-0.1, -0.05) is 0 Å². The lowest BCUT2D eigenvalue weighted by Crippen LogP contribution is -2.43. The molecule has 8 heteroatoms. The number of carbonyl (C=O) groups is 2. The summed E-state index contributed by atoms with van der Waals surface area (Å²) in [4.78, 5) is 29.2. The normalized spacial score (nSPS) is 26.3. The molecule has 2 fully saturated rings. The van der Waals surface area contributed by atoms with Crippen LogP contribution in [0, 0.1) is 0 Å². The Balaban J connectivity index is 1.53. The fourth-order valence-corrected chi connectivity index (χ4v) is 2.83. The molecule has 0 bridgehead atoms. The second-order valence-corrected chi connectivity index (χ2v) is 5.83. The summed E-state index contributed by atoms with van der Waals surface area (Å²) in [5, 5.41) is 2.94. The van der Waals surface area contributed by atoms with Gasteiger partial charge in [0.25, 0.3) is 5.92 Å². The summed E-state index contributed by atoms with van der Waals surface area (Å²) in [6.07, 6.45) is 2.48. The van der Waals surface area contributed by atoms with Gasteiger partial charge in [-0.2, -0.15) is 0 Å². The first-order valence-electron chi connectivity index (χ1n) is 7.46. The molecule has 124 valence electrons. The number of esters is 1. The first-order valence-corrected chi connectivity index (χ1v) is 7.46. The minimum Gasteiger partial charge on any atom is -0.457 e. The number of amides is 1. The molecule has 1 aromatic rings. The molecule has 0 radical (unpaired) electrons. The number of halogens is 2. The number of alkyl halides is 2. The van der Waals surface area contributed by atoms with Gasteiger partial charge in [-0.15, -0.1) is 0 Å². The van der Waals surface area contributed by atoms with Gasteiger partial charge in [-0.25, -0.2) is 13.6 Å². The van der Waals surface area contributed by atoms with E-state index < -0.39 is 30.6 Å². The van der Waals surface area contributed by atoms with E-state index in [4.69, 9.17) is 4.74 Å².